The standard InChI is InChI=1S/C13H13BrClN3OS/c1-2-16-12-10(15)5-8(6-17-12)13(19)18-7-9-3-4-11(14)20-9/h3-6H,2,7H2,1H3,(H,16,17)(H,18,19). The van der Waals surface area contributed by atoms with E-state index in [0.717, 1.165) is 15.2 Å². The van der Waals surface area contributed by atoms with Gasteiger partial charge >= 0.3 is 0 Å². The summed E-state index contributed by atoms with van der Waals surface area (Å²) in [5, 5.41) is 6.31. The van der Waals surface area contributed by atoms with Gasteiger partial charge in [-0.05, 0) is 41.1 Å². The fourth-order valence-electron chi connectivity index (χ4n) is 1.58. The highest BCUT2D eigenvalue weighted by atomic mass is 79.9. The van der Waals surface area contributed by atoms with E-state index < -0.39 is 0 Å². The molecule has 0 aliphatic heterocycles. The number of rotatable bonds is 5. The SMILES string of the molecule is CCNc1ncc(C(=O)NCc2ccc(Br)s2)cc1Cl. The number of pyridine rings is 1. The van der Waals surface area contributed by atoms with E-state index >= 15 is 0 Å². The van der Waals surface area contributed by atoms with Crippen molar-refractivity contribution < 1.29 is 4.79 Å². The first-order valence-electron chi connectivity index (χ1n) is 6.02. The summed E-state index contributed by atoms with van der Waals surface area (Å²) in [7, 11) is 0. The maximum absolute atomic E-state index is 12.0. The van der Waals surface area contributed by atoms with E-state index in [1.165, 1.54) is 6.20 Å². The summed E-state index contributed by atoms with van der Waals surface area (Å²) in [6.45, 7) is 3.17. The molecule has 0 saturated carbocycles. The highest BCUT2D eigenvalue weighted by Crippen LogP contribution is 2.22. The van der Waals surface area contributed by atoms with E-state index in [-0.39, 0.29) is 5.91 Å². The molecule has 0 aromatic carbocycles. The van der Waals surface area contributed by atoms with Crippen LogP contribution in [0.2, 0.25) is 5.02 Å². The first kappa shape index (κ1) is 15.3. The van der Waals surface area contributed by atoms with Gasteiger partial charge in [0.05, 0.1) is 20.9 Å². The molecule has 20 heavy (non-hydrogen) atoms. The summed E-state index contributed by atoms with van der Waals surface area (Å²) in [5.41, 5.74) is 0.451. The van der Waals surface area contributed by atoms with Crippen molar-refractivity contribution in [2.75, 3.05) is 11.9 Å². The lowest BCUT2D eigenvalue weighted by atomic mass is 10.2. The molecule has 0 radical (unpaired) electrons. The predicted octanol–water partition coefficient (Wildman–Crippen LogP) is 3.92. The Kier molecular flexibility index (Phi) is 5.39. The van der Waals surface area contributed by atoms with Crippen molar-refractivity contribution in [3.05, 3.63) is 43.6 Å². The van der Waals surface area contributed by atoms with E-state index in [2.05, 4.69) is 31.5 Å². The van der Waals surface area contributed by atoms with Gasteiger partial charge in [0.25, 0.3) is 5.91 Å². The highest BCUT2D eigenvalue weighted by molar-refractivity contribution is 9.11. The molecule has 1 amide bonds. The number of amides is 1. The van der Waals surface area contributed by atoms with Crippen LogP contribution in [0, 0.1) is 0 Å². The van der Waals surface area contributed by atoms with E-state index in [9.17, 15) is 4.79 Å². The van der Waals surface area contributed by atoms with Crippen LogP contribution in [0.25, 0.3) is 0 Å². The summed E-state index contributed by atoms with van der Waals surface area (Å²) in [5.74, 6) is 0.403. The summed E-state index contributed by atoms with van der Waals surface area (Å²) in [4.78, 5) is 17.2. The first-order valence-corrected chi connectivity index (χ1v) is 8.00. The monoisotopic (exact) mass is 373 g/mol. The average Bonchev–Trinajstić information content (AvgIpc) is 2.84. The molecular weight excluding hydrogens is 362 g/mol. The number of carbonyl (C=O) groups excluding carboxylic acids is 1. The number of thiophene rings is 1. The van der Waals surface area contributed by atoms with E-state index in [4.69, 9.17) is 11.6 Å². The molecule has 7 heteroatoms. The van der Waals surface area contributed by atoms with Crippen molar-refractivity contribution in [3.63, 3.8) is 0 Å². The molecule has 0 bridgehead atoms. The molecule has 2 heterocycles. The second kappa shape index (κ2) is 7.06. The minimum Gasteiger partial charge on any atom is -0.369 e. The van der Waals surface area contributed by atoms with Gasteiger partial charge < -0.3 is 10.6 Å². The number of hydrogen-bond donors (Lipinski definition) is 2. The molecular formula is C13H13BrClN3OS. The Labute approximate surface area is 134 Å². The van der Waals surface area contributed by atoms with Crippen LogP contribution in [0.5, 0.6) is 0 Å². The number of nitrogens with zero attached hydrogens (tertiary/aromatic N) is 1. The van der Waals surface area contributed by atoms with Gasteiger partial charge in [-0.15, -0.1) is 11.3 Å². The minimum absolute atomic E-state index is 0.188. The Morgan fingerprint density at radius 3 is 2.90 bits per heavy atom. The molecule has 2 N–H and O–H groups in total. The lowest BCUT2D eigenvalue weighted by Gasteiger charge is -2.07. The topological polar surface area (TPSA) is 54.0 Å². The van der Waals surface area contributed by atoms with Crippen molar-refractivity contribution in [3.8, 4) is 0 Å². The Hall–Kier alpha value is -1.11. The van der Waals surface area contributed by atoms with Crippen LogP contribution < -0.4 is 10.6 Å². The number of carbonyl (C=O) groups is 1. The van der Waals surface area contributed by atoms with Crippen LogP contribution >= 0.6 is 38.9 Å². The molecule has 106 valence electrons. The summed E-state index contributed by atoms with van der Waals surface area (Å²) < 4.78 is 1.04. The Morgan fingerprint density at radius 1 is 1.50 bits per heavy atom. The normalized spacial score (nSPS) is 10.3. The molecule has 0 aliphatic rings. The Bertz CT molecular complexity index is 617. The minimum atomic E-state index is -0.188. The summed E-state index contributed by atoms with van der Waals surface area (Å²) >= 11 is 11.0. The van der Waals surface area contributed by atoms with Crippen molar-refractivity contribution in [1.82, 2.24) is 10.3 Å². The van der Waals surface area contributed by atoms with Gasteiger partial charge in [-0.3, -0.25) is 4.79 Å². The number of nitrogens with one attached hydrogen (secondary N) is 2. The smallest absolute Gasteiger partial charge is 0.253 e. The molecule has 4 nitrogen and oxygen atoms in total. The number of hydrogen-bond acceptors (Lipinski definition) is 4. The van der Waals surface area contributed by atoms with Crippen molar-refractivity contribution >= 4 is 50.6 Å². The van der Waals surface area contributed by atoms with Gasteiger partial charge in [-0.25, -0.2) is 4.98 Å². The molecule has 0 unspecified atom stereocenters. The zero-order valence-electron chi connectivity index (χ0n) is 10.7. The number of anilines is 1. The molecule has 0 aliphatic carbocycles. The van der Waals surface area contributed by atoms with Gasteiger partial charge in [0.1, 0.15) is 5.82 Å². The summed E-state index contributed by atoms with van der Waals surface area (Å²) in [6.07, 6.45) is 1.52. The molecule has 0 spiro atoms. The van der Waals surface area contributed by atoms with E-state index in [0.29, 0.717) is 22.9 Å². The number of halogens is 2. The van der Waals surface area contributed by atoms with Crippen molar-refractivity contribution in [2.45, 2.75) is 13.5 Å². The van der Waals surface area contributed by atoms with Crippen LogP contribution in [-0.4, -0.2) is 17.4 Å². The van der Waals surface area contributed by atoms with Crippen LogP contribution in [0.3, 0.4) is 0 Å². The van der Waals surface area contributed by atoms with E-state index in [1.54, 1.807) is 17.4 Å². The molecule has 2 aromatic heterocycles. The third-order valence-electron chi connectivity index (χ3n) is 2.50. The van der Waals surface area contributed by atoms with Crippen molar-refractivity contribution in [2.24, 2.45) is 0 Å². The molecule has 0 atom stereocenters. The predicted molar refractivity (Wildman–Crippen MR) is 86.6 cm³/mol. The van der Waals surface area contributed by atoms with Gasteiger partial charge in [-0.1, -0.05) is 11.6 Å². The second-order valence-electron chi connectivity index (χ2n) is 3.97. The zero-order valence-corrected chi connectivity index (χ0v) is 13.9. The number of aromatic nitrogens is 1. The van der Waals surface area contributed by atoms with Crippen LogP contribution in [-0.2, 0) is 6.54 Å². The third kappa shape index (κ3) is 3.94. The molecule has 0 saturated heterocycles. The molecule has 2 aromatic rings. The molecule has 2 rings (SSSR count). The van der Waals surface area contributed by atoms with Crippen LogP contribution in [0.4, 0.5) is 5.82 Å². The van der Waals surface area contributed by atoms with Gasteiger partial charge in [0.2, 0.25) is 0 Å². The molecule has 0 fully saturated rings. The van der Waals surface area contributed by atoms with Gasteiger partial charge in [-0.2, -0.15) is 0 Å². The van der Waals surface area contributed by atoms with Gasteiger partial charge in [0.15, 0.2) is 0 Å². The fraction of sp³-hybridized carbons (Fsp3) is 0.231. The quantitative estimate of drug-likeness (QED) is 0.834. The van der Waals surface area contributed by atoms with E-state index in [1.807, 2.05) is 19.1 Å². The van der Waals surface area contributed by atoms with Crippen LogP contribution in [0.1, 0.15) is 22.2 Å². The lowest BCUT2D eigenvalue weighted by molar-refractivity contribution is 0.0951. The third-order valence-corrected chi connectivity index (χ3v) is 4.41. The van der Waals surface area contributed by atoms with Crippen molar-refractivity contribution in [1.29, 1.82) is 0 Å². The average molecular weight is 375 g/mol. The highest BCUT2D eigenvalue weighted by Gasteiger charge is 2.10. The Morgan fingerprint density at radius 2 is 2.30 bits per heavy atom. The van der Waals surface area contributed by atoms with Gasteiger partial charge in [0, 0.05) is 17.6 Å². The second-order valence-corrected chi connectivity index (χ2v) is 6.93. The maximum atomic E-state index is 12.0. The summed E-state index contributed by atoms with van der Waals surface area (Å²) in [6, 6.07) is 5.54. The lowest BCUT2D eigenvalue weighted by Crippen LogP contribution is -2.22. The fourth-order valence-corrected chi connectivity index (χ4v) is 3.23. The largest absolute Gasteiger partial charge is 0.369 e. The zero-order chi connectivity index (χ0) is 14.5. The maximum Gasteiger partial charge on any atom is 0.253 e. The first-order chi connectivity index (χ1) is 9.60. The Balaban J connectivity index is 2.00. The van der Waals surface area contributed by atoms with Crippen LogP contribution in [0.15, 0.2) is 28.2 Å².